The zero-order valence-corrected chi connectivity index (χ0v) is 14.0. The lowest BCUT2D eigenvalue weighted by Crippen LogP contribution is -2.19. The minimum absolute atomic E-state index is 0.0208. The maximum absolute atomic E-state index is 13.5. The van der Waals surface area contributed by atoms with Gasteiger partial charge in [0.25, 0.3) is 0 Å². The topological polar surface area (TPSA) is 79.1 Å². The van der Waals surface area contributed by atoms with Gasteiger partial charge in [-0.05, 0) is 19.1 Å². The fourth-order valence-corrected chi connectivity index (χ4v) is 2.26. The zero-order chi connectivity index (χ0) is 19.4. The number of aromatic nitrogens is 4. The molecule has 0 saturated heterocycles. The summed E-state index contributed by atoms with van der Waals surface area (Å²) in [5.74, 6) is -0.858. The SMILES string of the molecule is CCOC(=O)c1cnn(-c2cc(Oc3ccccc3)ncn2)c1C(F)(F)F. The number of para-hydroxylation sites is 1. The molecule has 3 aromatic rings. The third kappa shape index (κ3) is 4.05. The summed E-state index contributed by atoms with van der Waals surface area (Å²) in [5, 5.41) is 3.65. The average Bonchev–Trinajstić information content (AvgIpc) is 3.09. The molecular weight excluding hydrogens is 365 g/mol. The molecule has 140 valence electrons. The van der Waals surface area contributed by atoms with E-state index in [9.17, 15) is 18.0 Å². The van der Waals surface area contributed by atoms with Gasteiger partial charge in [0.2, 0.25) is 5.88 Å². The van der Waals surface area contributed by atoms with E-state index < -0.39 is 23.4 Å². The summed E-state index contributed by atoms with van der Waals surface area (Å²) in [6.45, 7) is 1.43. The normalized spacial score (nSPS) is 11.3. The molecule has 1 aromatic carbocycles. The standard InChI is InChI=1S/C17H13F3N4O3/c1-2-26-16(25)12-9-23-24(15(12)17(18,19)20)13-8-14(22-10-21-13)27-11-6-4-3-5-7-11/h3-10H,2H2,1H3. The molecule has 10 heteroatoms. The predicted octanol–water partition coefficient (Wildman–Crippen LogP) is 3.65. The van der Waals surface area contributed by atoms with Crippen LogP contribution in [-0.2, 0) is 10.9 Å². The number of carbonyl (C=O) groups is 1. The molecule has 7 nitrogen and oxygen atoms in total. The van der Waals surface area contributed by atoms with Crippen molar-refractivity contribution in [1.82, 2.24) is 19.7 Å². The van der Waals surface area contributed by atoms with E-state index in [4.69, 9.17) is 4.74 Å². The molecule has 0 amide bonds. The third-order valence-corrected chi connectivity index (χ3v) is 3.34. The Kier molecular flexibility index (Phi) is 5.06. The monoisotopic (exact) mass is 378 g/mol. The highest BCUT2D eigenvalue weighted by Gasteiger charge is 2.41. The summed E-state index contributed by atoms with van der Waals surface area (Å²) in [6.07, 6.45) is -3.02. The summed E-state index contributed by atoms with van der Waals surface area (Å²) in [6, 6.07) is 9.76. The second kappa shape index (κ2) is 7.44. The van der Waals surface area contributed by atoms with Crippen molar-refractivity contribution in [1.29, 1.82) is 0 Å². The van der Waals surface area contributed by atoms with Crippen molar-refractivity contribution in [3.05, 3.63) is 60.2 Å². The van der Waals surface area contributed by atoms with Crippen LogP contribution in [0.1, 0.15) is 23.0 Å². The molecule has 0 saturated carbocycles. The van der Waals surface area contributed by atoms with Gasteiger partial charge < -0.3 is 9.47 Å². The lowest BCUT2D eigenvalue weighted by Gasteiger charge is -2.12. The Morgan fingerprint density at radius 3 is 2.59 bits per heavy atom. The number of carbonyl (C=O) groups excluding carboxylic acids is 1. The minimum Gasteiger partial charge on any atom is -0.462 e. The van der Waals surface area contributed by atoms with Gasteiger partial charge >= 0.3 is 12.1 Å². The molecule has 0 aliphatic heterocycles. The Bertz CT molecular complexity index is 942. The van der Waals surface area contributed by atoms with Gasteiger partial charge in [0.1, 0.15) is 17.6 Å². The van der Waals surface area contributed by atoms with Crippen molar-refractivity contribution in [3.8, 4) is 17.4 Å². The minimum atomic E-state index is -4.86. The summed E-state index contributed by atoms with van der Waals surface area (Å²) in [5.41, 5.74) is -1.99. The van der Waals surface area contributed by atoms with Gasteiger partial charge in [0.15, 0.2) is 11.5 Å². The van der Waals surface area contributed by atoms with Crippen molar-refractivity contribution in [2.24, 2.45) is 0 Å². The summed E-state index contributed by atoms with van der Waals surface area (Å²) in [4.78, 5) is 19.5. The molecule has 0 unspecified atom stereocenters. The summed E-state index contributed by atoms with van der Waals surface area (Å²) in [7, 11) is 0. The van der Waals surface area contributed by atoms with Crippen LogP contribution >= 0.6 is 0 Å². The molecule has 0 bridgehead atoms. The quantitative estimate of drug-likeness (QED) is 0.631. The Morgan fingerprint density at radius 1 is 1.19 bits per heavy atom. The van der Waals surface area contributed by atoms with Crippen LogP contribution in [0.15, 0.2) is 48.9 Å². The van der Waals surface area contributed by atoms with E-state index in [1.54, 1.807) is 30.3 Å². The number of alkyl halides is 3. The van der Waals surface area contributed by atoms with Crippen molar-refractivity contribution in [2.45, 2.75) is 13.1 Å². The lowest BCUT2D eigenvalue weighted by molar-refractivity contribution is -0.143. The third-order valence-electron chi connectivity index (χ3n) is 3.34. The molecule has 0 radical (unpaired) electrons. The first-order valence-electron chi connectivity index (χ1n) is 7.77. The van der Waals surface area contributed by atoms with Crippen LogP contribution in [0.2, 0.25) is 0 Å². The molecule has 0 fully saturated rings. The van der Waals surface area contributed by atoms with Crippen LogP contribution in [0.4, 0.5) is 13.2 Å². The Hall–Kier alpha value is -3.43. The van der Waals surface area contributed by atoms with E-state index in [1.807, 2.05) is 0 Å². The number of benzene rings is 1. The van der Waals surface area contributed by atoms with E-state index in [0.29, 0.717) is 10.4 Å². The maximum atomic E-state index is 13.5. The van der Waals surface area contributed by atoms with Gasteiger partial charge in [0, 0.05) is 6.07 Å². The highest BCUT2D eigenvalue weighted by atomic mass is 19.4. The lowest BCUT2D eigenvalue weighted by atomic mass is 10.2. The van der Waals surface area contributed by atoms with Gasteiger partial charge in [-0.3, -0.25) is 0 Å². The molecular formula is C17H13F3N4O3. The number of rotatable bonds is 5. The summed E-state index contributed by atoms with van der Waals surface area (Å²) < 4.78 is 51.3. The van der Waals surface area contributed by atoms with Crippen LogP contribution < -0.4 is 4.74 Å². The first-order chi connectivity index (χ1) is 12.9. The number of hydrogen-bond donors (Lipinski definition) is 0. The molecule has 2 heterocycles. The largest absolute Gasteiger partial charge is 0.462 e. The Morgan fingerprint density at radius 2 is 1.93 bits per heavy atom. The van der Waals surface area contributed by atoms with Crippen molar-refractivity contribution < 1.29 is 27.4 Å². The van der Waals surface area contributed by atoms with Gasteiger partial charge in [-0.2, -0.15) is 18.3 Å². The number of halogens is 3. The van der Waals surface area contributed by atoms with Crippen molar-refractivity contribution in [2.75, 3.05) is 6.61 Å². The van der Waals surface area contributed by atoms with Crippen LogP contribution in [-0.4, -0.2) is 32.3 Å². The first kappa shape index (κ1) is 18.4. The van der Waals surface area contributed by atoms with Gasteiger partial charge in [-0.1, -0.05) is 18.2 Å². The molecule has 0 aliphatic carbocycles. The number of hydrogen-bond acceptors (Lipinski definition) is 6. The highest BCUT2D eigenvalue weighted by molar-refractivity contribution is 5.90. The highest BCUT2D eigenvalue weighted by Crippen LogP contribution is 2.34. The molecule has 0 N–H and O–H groups in total. The molecule has 27 heavy (non-hydrogen) atoms. The van der Waals surface area contributed by atoms with E-state index >= 15 is 0 Å². The van der Waals surface area contributed by atoms with E-state index in [1.165, 1.54) is 13.0 Å². The second-order valence-electron chi connectivity index (χ2n) is 5.17. The predicted molar refractivity (Wildman–Crippen MR) is 86.6 cm³/mol. The Labute approximate surface area is 151 Å². The van der Waals surface area contributed by atoms with E-state index in [2.05, 4.69) is 19.8 Å². The second-order valence-corrected chi connectivity index (χ2v) is 5.17. The molecule has 0 atom stereocenters. The van der Waals surface area contributed by atoms with Crippen LogP contribution in [0.25, 0.3) is 5.82 Å². The van der Waals surface area contributed by atoms with Crippen LogP contribution in [0.3, 0.4) is 0 Å². The van der Waals surface area contributed by atoms with Crippen molar-refractivity contribution >= 4 is 5.97 Å². The number of esters is 1. The summed E-state index contributed by atoms with van der Waals surface area (Å²) >= 11 is 0. The molecule has 0 aliphatic rings. The first-order valence-corrected chi connectivity index (χ1v) is 7.77. The van der Waals surface area contributed by atoms with Crippen molar-refractivity contribution in [3.63, 3.8) is 0 Å². The molecule has 3 rings (SSSR count). The van der Waals surface area contributed by atoms with Gasteiger partial charge in [-0.25, -0.2) is 19.4 Å². The molecule has 2 aromatic heterocycles. The van der Waals surface area contributed by atoms with Gasteiger partial charge in [-0.15, -0.1) is 0 Å². The number of nitrogens with zero attached hydrogens (tertiary/aromatic N) is 4. The smallest absolute Gasteiger partial charge is 0.434 e. The zero-order valence-electron chi connectivity index (χ0n) is 14.0. The van der Waals surface area contributed by atoms with Gasteiger partial charge in [0.05, 0.1) is 12.8 Å². The fraction of sp³-hybridized carbons (Fsp3) is 0.176. The molecule has 0 spiro atoms. The number of ether oxygens (including phenoxy) is 2. The van der Waals surface area contributed by atoms with Crippen LogP contribution in [0.5, 0.6) is 11.6 Å². The van der Waals surface area contributed by atoms with E-state index in [-0.39, 0.29) is 18.3 Å². The van der Waals surface area contributed by atoms with Crippen LogP contribution in [0, 0.1) is 0 Å². The maximum Gasteiger partial charge on any atom is 0.434 e. The van der Waals surface area contributed by atoms with E-state index in [0.717, 1.165) is 12.5 Å². The fourth-order valence-electron chi connectivity index (χ4n) is 2.26. The average molecular weight is 378 g/mol. The Balaban J connectivity index is 2.01.